The molecule has 0 spiro atoms. The Kier molecular flexibility index (Phi) is 6.88. The maximum Gasteiger partial charge on any atom is 0.270 e. The average Bonchev–Trinajstić information content (AvgIpc) is 2.87. The van der Waals surface area contributed by atoms with E-state index in [1.807, 2.05) is 12.1 Å². The van der Waals surface area contributed by atoms with Crippen LogP contribution in [0.15, 0.2) is 71.7 Å². The maximum absolute atomic E-state index is 11.4. The van der Waals surface area contributed by atoms with Crippen LogP contribution in [0.5, 0.6) is 11.5 Å². The lowest BCUT2D eigenvalue weighted by molar-refractivity contribution is -0.384. The van der Waals surface area contributed by atoms with E-state index >= 15 is 0 Å². The largest absolute Gasteiger partial charge is 0.497 e. The van der Waals surface area contributed by atoms with Crippen LogP contribution in [0.2, 0.25) is 0 Å². The number of nitrogens with zero attached hydrogens (tertiary/aromatic N) is 3. The summed E-state index contributed by atoms with van der Waals surface area (Å²) in [4.78, 5) is 17.9. The number of nitro benzene ring substituents is 1. The van der Waals surface area contributed by atoms with Gasteiger partial charge in [-0.05, 0) is 42.5 Å². The Morgan fingerprint density at radius 1 is 1.00 bits per heavy atom. The van der Waals surface area contributed by atoms with E-state index in [0.29, 0.717) is 28.7 Å². The van der Waals surface area contributed by atoms with Gasteiger partial charge in [0.05, 0.1) is 19.1 Å². The minimum atomic E-state index is -0.378. The molecule has 33 heavy (non-hydrogen) atoms. The van der Waals surface area contributed by atoms with Crippen LogP contribution < -0.4 is 14.4 Å². The Morgan fingerprint density at radius 2 is 1.76 bits per heavy atom. The van der Waals surface area contributed by atoms with Crippen LogP contribution in [0.4, 0.5) is 17.1 Å². The predicted molar refractivity (Wildman–Crippen MR) is 131 cm³/mol. The molecule has 1 aliphatic heterocycles. The summed E-state index contributed by atoms with van der Waals surface area (Å²) in [5.74, 6) is 1.77. The highest BCUT2D eigenvalue weighted by atomic mass is 16.6. The molecule has 0 aromatic heterocycles. The van der Waals surface area contributed by atoms with Gasteiger partial charge in [-0.3, -0.25) is 15.1 Å². The summed E-state index contributed by atoms with van der Waals surface area (Å²) in [6.45, 7) is 1.76. The number of anilines is 1. The fourth-order valence-electron chi connectivity index (χ4n) is 4.26. The summed E-state index contributed by atoms with van der Waals surface area (Å²) in [6, 6.07) is 20.9. The van der Waals surface area contributed by atoms with Gasteiger partial charge < -0.3 is 14.4 Å². The van der Waals surface area contributed by atoms with Crippen LogP contribution in [0, 0.1) is 10.1 Å². The molecule has 3 aromatic carbocycles. The molecule has 170 valence electrons. The van der Waals surface area contributed by atoms with Crippen molar-refractivity contribution in [2.24, 2.45) is 4.99 Å². The molecule has 0 unspecified atom stereocenters. The van der Waals surface area contributed by atoms with Crippen LogP contribution in [0.1, 0.15) is 29.9 Å². The summed E-state index contributed by atoms with van der Waals surface area (Å²) in [5.41, 5.74) is 3.69. The molecule has 0 radical (unpaired) electrons. The summed E-state index contributed by atoms with van der Waals surface area (Å²) >= 11 is 0. The number of nitro groups is 1. The number of hydrogen-bond acceptors (Lipinski definition) is 6. The molecule has 0 saturated carbocycles. The molecule has 1 saturated heterocycles. The number of benzene rings is 3. The molecule has 1 aliphatic rings. The zero-order chi connectivity index (χ0) is 23.2. The summed E-state index contributed by atoms with van der Waals surface area (Å²) < 4.78 is 10.7. The Labute approximate surface area is 193 Å². The molecule has 1 heterocycles. The van der Waals surface area contributed by atoms with Gasteiger partial charge in [0.15, 0.2) is 0 Å². The molecule has 0 amide bonds. The molecule has 0 bridgehead atoms. The molecular formula is C26H27N3O4. The quantitative estimate of drug-likeness (QED) is 0.263. The first-order chi connectivity index (χ1) is 16.1. The van der Waals surface area contributed by atoms with Gasteiger partial charge in [0, 0.05) is 48.8 Å². The highest BCUT2D eigenvalue weighted by Gasteiger charge is 2.23. The molecular weight excluding hydrogens is 418 g/mol. The molecule has 0 aliphatic carbocycles. The number of rotatable bonds is 7. The number of methoxy groups -OCH3 is 2. The Balaban J connectivity index is 1.60. The Bertz CT molecular complexity index is 1140. The van der Waals surface area contributed by atoms with Crippen LogP contribution in [-0.4, -0.2) is 38.4 Å². The van der Waals surface area contributed by atoms with Crippen LogP contribution >= 0.6 is 0 Å². The minimum absolute atomic E-state index is 0.0427. The monoisotopic (exact) mass is 445 g/mol. The third-order valence-corrected chi connectivity index (χ3v) is 6.06. The van der Waals surface area contributed by atoms with Crippen molar-refractivity contribution in [3.63, 3.8) is 0 Å². The zero-order valence-electron chi connectivity index (χ0n) is 18.8. The number of non-ortho nitro benzene ring substituents is 1. The summed E-state index contributed by atoms with van der Waals surface area (Å²) in [7, 11) is 3.16. The van der Waals surface area contributed by atoms with Gasteiger partial charge in [0.25, 0.3) is 5.69 Å². The van der Waals surface area contributed by atoms with Gasteiger partial charge in [-0.25, -0.2) is 0 Å². The van der Waals surface area contributed by atoms with Crippen molar-refractivity contribution in [2.75, 3.05) is 32.2 Å². The number of hydrogen-bond donors (Lipinski definition) is 0. The van der Waals surface area contributed by atoms with E-state index in [9.17, 15) is 10.1 Å². The van der Waals surface area contributed by atoms with E-state index < -0.39 is 0 Å². The van der Waals surface area contributed by atoms with Gasteiger partial charge in [-0.2, -0.15) is 0 Å². The topological polar surface area (TPSA) is 77.2 Å². The molecule has 7 nitrogen and oxygen atoms in total. The second-order valence-corrected chi connectivity index (χ2v) is 7.97. The van der Waals surface area contributed by atoms with E-state index in [0.717, 1.165) is 31.6 Å². The number of ether oxygens (including phenoxy) is 2. The SMILES string of the molecule is COc1ccc(N=Cc2cc([N+](=O)[O-])ccc2N2CCC(c3ccccc3)CC2)c(OC)c1. The van der Waals surface area contributed by atoms with Crippen LogP contribution in [0.25, 0.3) is 0 Å². The van der Waals surface area contributed by atoms with E-state index in [-0.39, 0.29) is 10.6 Å². The second-order valence-electron chi connectivity index (χ2n) is 7.97. The van der Waals surface area contributed by atoms with E-state index in [1.165, 1.54) is 5.56 Å². The van der Waals surface area contributed by atoms with Crippen LogP contribution in [0.3, 0.4) is 0 Å². The average molecular weight is 446 g/mol. The fourth-order valence-corrected chi connectivity index (χ4v) is 4.26. The lowest BCUT2D eigenvalue weighted by atomic mass is 9.89. The minimum Gasteiger partial charge on any atom is -0.497 e. The fraction of sp³-hybridized carbons (Fsp3) is 0.269. The van der Waals surface area contributed by atoms with E-state index in [4.69, 9.17) is 9.47 Å². The first-order valence-corrected chi connectivity index (χ1v) is 10.9. The van der Waals surface area contributed by atoms with Gasteiger partial charge in [0.1, 0.15) is 17.2 Å². The van der Waals surface area contributed by atoms with Crippen molar-refractivity contribution in [3.8, 4) is 11.5 Å². The molecule has 1 fully saturated rings. The molecule has 3 aromatic rings. The van der Waals surface area contributed by atoms with Crippen molar-refractivity contribution in [2.45, 2.75) is 18.8 Å². The predicted octanol–water partition coefficient (Wildman–Crippen LogP) is 5.75. The molecule has 0 N–H and O–H groups in total. The molecule has 0 atom stereocenters. The van der Waals surface area contributed by atoms with Crippen molar-refractivity contribution in [3.05, 3.63) is 88.0 Å². The highest BCUT2D eigenvalue weighted by molar-refractivity contribution is 5.91. The summed E-state index contributed by atoms with van der Waals surface area (Å²) in [6.07, 6.45) is 3.74. The van der Waals surface area contributed by atoms with E-state index in [1.54, 1.807) is 50.8 Å². The van der Waals surface area contributed by atoms with Crippen molar-refractivity contribution < 1.29 is 14.4 Å². The molecule has 7 heteroatoms. The Hall–Kier alpha value is -3.87. The normalized spacial score (nSPS) is 14.4. The zero-order valence-corrected chi connectivity index (χ0v) is 18.8. The van der Waals surface area contributed by atoms with Gasteiger partial charge >= 0.3 is 0 Å². The third kappa shape index (κ3) is 5.14. The van der Waals surface area contributed by atoms with Gasteiger partial charge in [0.2, 0.25) is 0 Å². The highest BCUT2D eigenvalue weighted by Crippen LogP contribution is 2.34. The number of piperidine rings is 1. The standard InChI is InChI=1S/C26H27N3O4/c1-32-23-9-10-24(26(17-23)33-2)27-18-21-16-22(29(30)31)8-11-25(21)28-14-12-20(13-15-28)19-6-4-3-5-7-19/h3-11,16-18,20H,12-15H2,1-2H3. The van der Waals surface area contributed by atoms with Crippen molar-refractivity contribution >= 4 is 23.3 Å². The maximum atomic E-state index is 11.4. The lowest BCUT2D eigenvalue weighted by Crippen LogP contribution is -2.33. The molecule has 4 rings (SSSR count). The first-order valence-electron chi connectivity index (χ1n) is 10.9. The van der Waals surface area contributed by atoms with Crippen molar-refractivity contribution in [1.82, 2.24) is 0 Å². The first kappa shape index (κ1) is 22.3. The Morgan fingerprint density at radius 3 is 2.42 bits per heavy atom. The van der Waals surface area contributed by atoms with Crippen LogP contribution in [-0.2, 0) is 0 Å². The van der Waals surface area contributed by atoms with Gasteiger partial charge in [-0.15, -0.1) is 0 Å². The number of aliphatic imine (C=N–C) groups is 1. The van der Waals surface area contributed by atoms with Crippen molar-refractivity contribution in [1.29, 1.82) is 0 Å². The van der Waals surface area contributed by atoms with E-state index in [2.05, 4.69) is 34.2 Å². The summed E-state index contributed by atoms with van der Waals surface area (Å²) in [5, 5.41) is 11.4. The third-order valence-electron chi connectivity index (χ3n) is 6.06. The van der Waals surface area contributed by atoms with Gasteiger partial charge in [-0.1, -0.05) is 30.3 Å². The lowest BCUT2D eigenvalue weighted by Gasteiger charge is -2.34. The smallest absolute Gasteiger partial charge is 0.270 e. The second kappa shape index (κ2) is 10.2.